The van der Waals surface area contributed by atoms with Gasteiger partial charge in [0.25, 0.3) is 0 Å². The first-order chi connectivity index (χ1) is 6.11. The van der Waals surface area contributed by atoms with Crippen LogP contribution in [0.3, 0.4) is 0 Å². The quantitative estimate of drug-likeness (QED) is 0.671. The second-order valence-corrected chi connectivity index (χ2v) is 4.31. The van der Waals surface area contributed by atoms with Crippen LogP contribution in [0.2, 0.25) is 0 Å². The van der Waals surface area contributed by atoms with E-state index < -0.39 is 0 Å². The molecule has 0 amide bonds. The first kappa shape index (κ1) is 8.61. The van der Waals surface area contributed by atoms with E-state index in [1.807, 2.05) is 0 Å². The second kappa shape index (κ2) is 2.76. The van der Waals surface area contributed by atoms with Crippen LogP contribution in [-0.4, -0.2) is 0 Å². The Hall–Kier alpha value is -0.980. The number of hydrogen-bond acceptors (Lipinski definition) is 1. The van der Waals surface area contributed by atoms with Crippen molar-refractivity contribution < 1.29 is 4.74 Å². The Balaban J connectivity index is 2.49. The molecule has 13 heavy (non-hydrogen) atoms. The molecule has 1 aromatic rings. The van der Waals surface area contributed by atoms with Crippen LogP contribution in [0.1, 0.15) is 50.7 Å². The zero-order valence-electron chi connectivity index (χ0n) is 8.72. The number of ether oxygens (including phenoxy) is 1. The highest BCUT2D eigenvalue weighted by Crippen LogP contribution is 2.50. The van der Waals surface area contributed by atoms with Gasteiger partial charge in [0.1, 0.15) is 11.5 Å². The number of hydrogen-bond donors (Lipinski definition) is 0. The molecule has 2 heterocycles. The summed E-state index contributed by atoms with van der Waals surface area (Å²) in [6, 6.07) is 4.28. The average molecular weight is 176 g/mol. The zero-order valence-corrected chi connectivity index (χ0v) is 8.72. The van der Waals surface area contributed by atoms with Crippen molar-refractivity contribution in [3.8, 4) is 11.5 Å². The molecule has 0 aromatic heterocycles. The SMILES string of the molecule is CC(C)c1ccc2c(C(C)C)c1O2. The fourth-order valence-corrected chi connectivity index (χ4v) is 1.87. The maximum atomic E-state index is 5.60. The predicted molar refractivity (Wildman–Crippen MR) is 54.7 cm³/mol. The van der Waals surface area contributed by atoms with Crippen molar-refractivity contribution in [3.05, 3.63) is 23.3 Å². The van der Waals surface area contributed by atoms with Crippen molar-refractivity contribution >= 4 is 0 Å². The van der Waals surface area contributed by atoms with Gasteiger partial charge in [-0.15, -0.1) is 0 Å². The van der Waals surface area contributed by atoms with Crippen LogP contribution in [0.4, 0.5) is 0 Å². The number of benzene rings is 1. The zero-order chi connectivity index (χ0) is 9.59. The molecule has 0 spiro atoms. The third-order valence-electron chi connectivity index (χ3n) is 2.60. The lowest BCUT2D eigenvalue weighted by Gasteiger charge is -2.30. The Morgan fingerprint density at radius 3 is 2.15 bits per heavy atom. The van der Waals surface area contributed by atoms with E-state index in [1.54, 1.807) is 0 Å². The highest BCUT2D eigenvalue weighted by molar-refractivity contribution is 5.61. The molecule has 0 saturated heterocycles. The summed E-state index contributed by atoms with van der Waals surface area (Å²) in [6.45, 7) is 8.85. The Morgan fingerprint density at radius 2 is 1.69 bits per heavy atom. The molecule has 70 valence electrons. The molecule has 1 nitrogen and oxygen atoms in total. The molecule has 2 aliphatic heterocycles. The monoisotopic (exact) mass is 176 g/mol. The van der Waals surface area contributed by atoms with Crippen molar-refractivity contribution in [1.82, 2.24) is 0 Å². The molecule has 0 aliphatic carbocycles. The van der Waals surface area contributed by atoms with Crippen LogP contribution in [0.15, 0.2) is 12.1 Å². The third-order valence-corrected chi connectivity index (χ3v) is 2.60. The van der Waals surface area contributed by atoms with Gasteiger partial charge in [0.2, 0.25) is 0 Å². The largest absolute Gasteiger partial charge is 0.456 e. The molecule has 0 fully saturated rings. The Bertz CT molecular complexity index is 324. The Kier molecular flexibility index (Phi) is 1.83. The van der Waals surface area contributed by atoms with Gasteiger partial charge in [0, 0.05) is 5.56 Å². The van der Waals surface area contributed by atoms with Crippen LogP contribution < -0.4 is 4.74 Å². The minimum Gasteiger partial charge on any atom is -0.456 e. The van der Waals surface area contributed by atoms with Gasteiger partial charge in [0.15, 0.2) is 0 Å². The summed E-state index contributed by atoms with van der Waals surface area (Å²) in [5.74, 6) is 3.36. The molecule has 2 bridgehead atoms. The molecule has 3 rings (SSSR count). The minimum absolute atomic E-state index is 0.557. The van der Waals surface area contributed by atoms with Crippen LogP contribution >= 0.6 is 0 Å². The average Bonchev–Trinajstić information content (AvgIpc) is 2.02. The lowest BCUT2D eigenvalue weighted by Crippen LogP contribution is -2.10. The van der Waals surface area contributed by atoms with Crippen molar-refractivity contribution in [3.63, 3.8) is 0 Å². The molecule has 0 N–H and O–H groups in total. The Labute approximate surface area is 79.7 Å². The molecule has 0 radical (unpaired) electrons. The fourth-order valence-electron chi connectivity index (χ4n) is 1.87. The molecule has 2 aliphatic rings. The summed E-state index contributed by atoms with van der Waals surface area (Å²) in [6.07, 6.45) is 0. The van der Waals surface area contributed by atoms with Gasteiger partial charge >= 0.3 is 0 Å². The van der Waals surface area contributed by atoms with Gasteiger partial charge in [-0.1, -0.05) is 33.8 Å². The number of rotatable bonds is 2. The fraction of sp³-hybridized carbons (Fsp3) is 0.500. The lowest BCUT2D eigenvalue weighted by molar-refractivity contribution is 0.401. The molecule has 0 saturated carbocycles. The van der Waals surface area contributed by atoms with Crippen LogP contribution in [0.5, 0.6) is 11.5 Å². The highest BCUT2D eigenvalue weighted by Gasteiger charge is 2.28. The predicted octanol–water partition coefficient (Wildman–Crippen LogP) is 4.04. The van der Waals surface area contributed by atoms with E-state index >= 15 is 0 Å². The molecule has 0 unspecified atom stereocenters. The summed E-state index contributed by atoms with van der Waals surface area (Å²) in [5.41, 5.74) is 2.75. The molecule has 0 atom stereocenters. The van der Waals surface area contributed by atoms with Crippen molar-refractivity contribution in [2.75, 3.05) is 0 Å². The van der Waals surface area contributed by atoms with Crippen molar-refractivity contribution in [2.24, 2.45) is 0 Å². The first-order valence-electron chi connectivity index (χ1n) is 4.96. The van der Waals surface area contributed by atoms with E-state index in [2.05, 4.69) is 39.8 Å². The van der Waals surface area contributed by atoms with E-state index in [4.69, 9.17) is 4.74 Å². The smallest absolute Gasteiger partial charge is 0.138 e. The summed E-state index contributed by atoms with van der Waals surface area (Å²) < 4.78 is 5.60. The van der Waals surface area contributed by atoms with E-state index in [-0.39, 0.29) is 0 Å². The lowest BCUT2D eigenvalue weighted by atomic mass is 9.90. The van der Waals surface area contributed by atoms with Gasteiger partial charge < -0.3 is 4.74 Å². The standard InChI is InChI=1S/C12H16O/c1-7(2)9-5-6-10-11(8(3)4)12(9)13-10/h5-8H,1-4H3. The maximum absolute atomic E-state index is 5.60. The minimum atomic E-state index is 0.557. The summed E-state index contributed by atoms with van der Waals surface area (Å²) in [7, 11) is 0. The van der Waals surface area contributed by atoms with Gasteiger partial charge in [-0.3, -0.25) is 0 Å². The first-order valence-corrected chi connectivity index (χ1v) is 4.96. The molecular weight excluding hydrogens is 160 g/mol. The normalized spacial score (nSPS) is 13.1. The highest BCUT2D eigenvalue weighted by atomic mass is 16.5. The van der Waals surface area contributed by atoms with E-state index in [0.717, 1.165) is 11.5 Å². The van der Waals surface area contributed by atoms with Gasteiger partial charge in [-0.05, 0) is 23.5 Å². The summed E-state index contributed by atoms with van der Waals surface area (Å²) >= 11 is 0. The summed E-state index contributed by atoms with van der Waals surface area (Å²) in [5, 5.41) is 0. The van der Waals surface area contributed by atoms with Crippen LogP contribution in [0.25, 0.3) is 0 Å². The van der Waals surface area contributed by atoms with Gasteiger partial charge in [-0.2, -0.15) is 0 Å². The number of fused-ring (bicyclic) bond motifs is 2. The van der Waals surface area contributed by atoms with Crippen molar-refractivity contribution in [2.45, 2.75) is 39.5 Å². The molecule has 1 aromatic carbocycles. The molecular formula is C12H16O. The maximum Gasteiger partial charge on any atom is 0.138 e. The summed E-state index contributed by atoms with van der Waals surface area (Å²) in [4.78, 5) is 0. The van der Waals surface area contributed by atoms with Crippen molar-refractivity contribution in [1.29, 1.82) is 0 Å². The van der Waals surface area contributed by atoms with E-state index in [9.17, 15) is 0 Å². The van der Waals surface area contributed by atoms with Crippen LogP contribution in [0, 0.1) is 0 Å². The van der Waals surface area contributed by atoms with E-state index in [0.29, 0.717) is 11.8 Å². The van der Waals surface area contributed by atoms with Gasteiger partial charge in [-0.25, -0.2) is 0 Å². The van der Waals surface area contributed by atoms with Gasteiger partial charge in [0.05, 0.1) is 0 Å². The topological polar surface area (TPSA) is 9.23 Å². The second-order valence-electron chi connectivity index (χ2n) is 4.31. The molecule has 1 heteroatoms. The van der Waals surface area contributed by atoms with E-state index in [1.165, 1.54) is 11.1 Å². The third kappa shape index (κ3) is 1.14. The van der Waals surface area contributed by atoms with Crippen LogP contribution in [-0.2, 0) is 0 Å². The Morgan fingerprint density at radius 1 is 1.00 bits per heavy atom.